The molecule has 0 bridgehead atoms. The second-order valence-electron chi connectivity index (χ2n) is 6.93. The maximum absolute atomic E-state index is 12.7. The van der Waals surface area contributed by atoms with E-state index < -0.39 is 0 Å². The second-order valence-corrected chi connectivity index (χ2v) is 6.93. The fraction of sp³-hybridized carbons (Fsp3) is 0.450. The van der Waals surface area contributed by atoms with Crippen LogP contribution in [0.25, 0.3) is 0 Å². The number of para-hydroxylation sites is 1. The molecule has 3 rings (SSSR count). The predicted molar refractivity (Wildman–Crippen MR) is 103 cm³/mol. The number of hydrogen-bond donors (Lipinski definition) is 2. The number of amides is 1. The van der Waals surface area contributed by atoms with Gasteiger partial charge in [-0.2, -0.15) is 0 Å². The van der Waals surface area contributed by atoms with Gasteiger partial charge in [0.2, 0.25) is 5.95 Å². The van der Waals surface area contributed by atoms with Crippen molar-refractivity contribution in [2.45, 2.75) is 45.6 Å². The summed E-state index contributed by atoms with van der Waals surface area (Å²) in [6.45, 7) is 7.53. The van der Waals surface area contributed by atoms with E-state index in [2.05, 4.69) is 34.4 Å². The minimum Gasteiger partial charge on any atom is -0.376 e. The molecule has 2 N–H and O–H groups in total. The average molecular weight is 354 g/mol. The van der Waals surface area contributed by atoms with Gasteiger partial charge in [0.1, 0.15) is 5.69 Å². The van der Waals surface area contributed by atoms with Crippen LogP contribution in [0.4, 0.5) is 11.6 Å². The molecule has 1 amide bonds. The molecular formula is C20H26N4O2. The number of carbonyl (C=O) groups is 1. The van der Waals surface area contributed by atoms with Gasteiger partial charge in [-0.25, -0.2) is 9.97 Å². The van der Waals surface area contributed by atoms with Gasteiger partial charge in [-0.3, -0.25) is 4.79 Å². The Labute approximate surface area is 154 Å². The molecule has 0 spiro atoms. The zero-order valence-electron chi connectivity index (χ0n) is 15.6. The molecule has 1 unspecified atom stereocenters. The lowest BCUT2D eigenvalue weighted by molar-refractivity contribution is 0.102. The molecule has 26 heavy (non-hydrogen) atoms. The first kappa shape index (κ1) is 18.3. The van der Waals surface area contributed by atoms with E-state index in [4.69, 9.17) is 4.74 Å². The van der Waals surface area contributed by atoms with Gasteiger partial charge in [-0.1, -0.05) is 32.0 Å². The van der Waals surface area contributed by atoms with E-state index in [0.717, 1.165) is 36.4 Å². The van der Waals surface area contributed by atoms with Crippen LogP contribution in [0.15, 0.2) is 30.3 Å². The summed E-state index contributed by atoms with van der Waals surface area (Å²) >= 11 is 0. The second kappa shape index (κ2) is 8.27. The van der Waals surface area contributed by atoms with Crippen LogP contribution < -0.4 is 10.6 Å². The van der Waals surface area contributed by atoms with Crippen molar-refractivity contribution >= 4 is 17.5 Å². The Morgan fingerprint density at radius 2 is 2.12 bits per heavy atom. The van der Waals surface area contributed by atoms with Crippen molar-refractivity contribution in [3.63, 3.8) is 0 Å². The molecule has 6 nitrogen and oxygen atoms in total. The molecule has 6 heteroatoms. The predicted octanol–water partition coefficient (Wildman–Crippen LogP) is 3.75. The summed E-state index contributed by atoms with van der Waals surface area (Å²) in [6.07, 6.45) is 2.32. The van der Waals surface area contributed by atoms with Crippen LogP contribution in [0, 0.1) is 6.92 Å². The highest BCUT2D eigenvalue weighted by Gasteiger charge is 2.17. The van der Waals surface area contributed by atoms with E-state index >= 15 is 0 Å². The molecule has 1 aromatic carbocycles. The highest BCUT2D eigenvalue weighted by atomic mass is 16.5. The van der Waals surface area contributed by atoms with Gasteiger partial charge < -0.3 is 15.4 Å². The van der Waals surface area contributed by atoms with E-state index in [1.807, 2.05) is 31.2 Å². The lowest BCUT2D eigenvalue weighted by Crippen LogP contribution is -2.21. The van der Waals surface area contributed by atoms with Crippen molar-refractivity contribution < 1.29 is 9.53 Å². The van der Waals surface area contributed by atoms with Crippen LogP contribution >= 0.6 is 0 Å². The first-order chi connectivity index (χ1) is 12.5. The van der Waals surface area contributed by atoms with Gasteiger partial charge in [0.25, 0.3) is 5.91 Å². The minimum absolute atomic E-state index is 0.189. The van der Waals surface area contributed by atoms with Crippen molar-refractivity contribution in [1.29, 1.82) is 0 Å². The zero-order chi connectivity index (χ0) is 18.5. The lowest BCUT2D eigenvalue weighted by Gasteiger charge is -2.14. The van der Waals surface area contributed by atoms with E-state index in [0.29, 0.717) is 24.1 Å². The quantitative estimate of drug-likeness (QED) is 0.826. The SMILES string of the molecule is Cc1cc(C(=O)Nc2ccccc2C(C)C)nc(NCC2CCCO2)n1. The Balaban J connectivity index is 1.72. The summed E-state index contributed by atoms with van der Waals surface area (Å²) in [4.78, 5) is 21.4. The molecule has 2 aromatic rings. The maximum Gasteiger partial charge on any atom is 0.274 e. The van der Waals surface area contributed by atoms with Crippen molar-refractivity contribution in [2.24, 2.45) is 0 Å². The van der Waals surface area contributed by atoms with Crippen molar-refractivity contribution in [3.05, 3.63) is 47.3 Å². The highest BCUT2D eigenvalue weighted by Crippen LogP contribution is 2.24. The molecule has 0 aliphatic carbocycles. The van der Waals surface area contributed by atoms with Gasteiger partial charge in [0.05, 0.1) is 6.10 Å². The molecule has 138 valence electrons. The Morgan fingerprint density at radius 3 is 2.85 bits per heavy atom. The Hall–Kier alpha value is -2.47. The number of hydrogen-bond acceptors (Lipinski definition) is 5. The molecule has 0 radical (unpaired) electrons. The molecule has 0 saturated carbocycles. The molecular weight excluding hydrogens is 328 g/mol. The number of rotatable bonds is 6. The van der Waals surface area contributed by atoms with E-state index in [9.17, 15) is 4.79 Å². The third-order valence-electron chi connectivity index (χ3n) is 4.43. The molecule has 2 heterocycles. The summed E-state index contributed by atoms with van der Waals surface area (Å²) in [5.74, 6) is 0.550. The van der Waals surface area contributed by atoms with E-state index in [-0.39, 0.29) is 12.0 Å². The van der Waals surface area contributed by atoms with Crippen LogP contribution in [-0.4, -0.2) is 35.1 Å². The molecule has 1 atom stereocenters. The largest absolute Gasteiger partial charge is 0.376 e. The number of benzene rings is 1. The third-order valence-corrected chi connectivity index (χ3v) is 4.43. The molecule has 1 aliphatic heterocycles. The number of aryl methyl sites for hydroxylation is 1. The molecule has 1 aromatic heterocycles. The number of aromatic nitrogens is 2. The number of nitrogens with zero attached hydrogens (tertiary/aromatic N) is 2. The monoisotopic (exact) mass is 354 g/mol. The van der Waals surface area contributed by atoms with Crippen molar-refractivity contribution in [1.82, 2.24) is 9.97 Å². The topological polar surface area (TPSA) is 76.1 Å². The lowest BCUT2D eigenvalue weighted by atomic mass is 10.0. The molecule has 1 fully saturated rings. The first-order valence-electron chi connectivity index (χ1n) is 9.14. The highest BCUT2D eigenvalue weighted by molar-refractivity contribution is 6.03. The van der Waals surface area contributed by atoms with Crippen LogP contribution in [0.2, 0.25) is 0 Å². The van der Waals surface area contributed by atoms with Crippen LogP contribution in [-0.2, 0) is 4.74 Å². The van der Waals surface area contributed by atoms with E-state index in [1.165, 1.54) is 0 Å². The van der Waals surface area contributed by atoms with Gasteiger partial charge >= 0.3 is 0 Å². The summed E-state index contributed by atoms with van der Waals surface area (Å²) in [5.41, 5.74) is 3.02. The fourth-order valence-corrected chi connectivity index (χ4v) is 3.08. The average Bonchev–Trinajstić information content (AvgIpc) is 3.13. The number of ether oxygens (including phenoxy) is 1. The maximum atomic E-state index is 12.7. The summed E-state index contributed by atoms with van der Waals surface area (Å²) in [5, 5.41) is 6.17. The molecule has 1 saturated heterocycles. The van der Waals surface area contributed by atoms with Crippen LogP contribution in [0.3, 0.4) is 0 Å². The minimum atomic E-state index is -0.233. The van der Waals surface area contributed by atoms with Gasteiger partial charge in [-0.15, -0.1) is 0 Å². The standard InChI is InChI=1S/C20H26N4O2/c1-13(2)16-8-4-5-9-17(16)23-19(25)18-11-14(3)22-20(24-18)21-12-15-7-6-10-26-15/h4-5,8-9,11,13,15H,6-7,10,12H2,1-3H3,(H,23,25)(H,21,22,24). The zero-order valence-corrected chi connectivity index (χ0v) is 15.6. The smallest absolute Gasteiger partial charge is 0.274 e. The van der Waals surface area contributed by atoms with Gasteiger partial charge in [0.15, 0.2) is 0 Å². The summed E-state index contributed by atoms with van der Waals surface area (Å²) in [7, 11) is 0. The van der Waals surface area contributed by atoms with Crippen LogP contribution in [0.5, 0.6) is 0 Å². The van der Waals surface area contributed by atoms with Gasteiger partial charge in [0, 0.05) is 24.5 Å². The number of carbonyl (C=O) groups excluding carboxylic acids is 1. The van der Waals surface area contributed by atoms with Crippen LogP contribution in [0.1, 0.15) is 54.4 Å². The summed E-state index contributed by atoms with van der Waals surface area (Å²) in [6, 6.07) is 9.54. The van der Waals surface area contributed by atoms with Crippen molar-refractivity contribution in [3.8, 4) is 0 Å². The van der Waals surface area contributed by atoms with Crippen molar-refractivity contribution in [2.75, 3.05) is 23.8 Å². The normalized spacial score (nSPS) is 16.7. The number of anilines is 2. The third kappa shape index (κ3) is 4.58. The Kier molecular flexibility index (Phi) is 5.83. The molecule has 1 aliphatic rings. The summed E-state index contributed by atoms with van der Waals surface area (Å²) < 4.78 is 5.60. The first-order valence-corrected chi connectivity index (χ1v) is 9.14. The van der Waals surface area contributed by atoms with E-state index in [1.54, 1.807) is 6.07 Å². The number of nitrogens with one attached hydrogen (secondary N) is 2. The van der Waals surface area contributed by atoms with Gasteiger partial charge in [-0.05, 0) is 43.4 Å². The fourth-order valence-electron chi connectivity index (χ4n) is 3.08. The Morgan fingerprint density at radius 1 is 1.31 bits per heavy atom. The Bertz CT molecular complexity index is 770.